The van der Waals surface area contributed by atoms with E-state index in [1.807, 2.05) is 0 Å². The van der Waals surface area contributed by atoms with Crippen LogP contribution in [0.2, 0.25) is 0 Å². The fraction of sp³-hybridized carbons (Fsp3) is 0.417. The number of rotatable bonds is 2. The van der Waals surface area contributed by atoms with Gasteiger partial charge in [0.2, 0.25) is 0 Å². The second-order valence-electron chi connectivity index (χ2n) is 4.06. The van der Waals surface area contributed by atoms with Gasteiger partial charge in [-0.05, 0) is 40.5 Å². The van der Waals surface area contributed by atoms with Crippen LogP contribution in [0, 0.1) is 5.82 Å². The van der Waals surface area contributed by atoms with Crippen LogP contribution in [0.25, 0.3) is 0 Å². The zero-order valence-electron chi connectivity index (χ0n) is 9.45. The molecule has 1 fully saturated rings. The largest absolute Gasteiger partial charge is 0.379 e. The second-order valence-corrected chi connectivity index (χ2v) is 4.92. The zero-order chi connectivity index (χ0) is 12.4. The first-order valence-corrected chi connectivity index (χ1v) is 6.19. The van der Waals surface area contributed by atoms with Crippen molar-refractivity contribution in [3.8, 4) is 0 Å². The Balaban J connectivity index is 2.15. The number of hydrogen-bond donors (Lipinski definition) is 0. The Hall–Kier alpha value is -0.940. The van der Waals surface area contributed by atoms with E-state index in [0.717, 1.165) is 6.42 Å². The highest BCUT2D eigenvalue weighted by Gasteiger charge is 2.25. The minimum absolute atomic E-state index is 0.110. The minimum Gasteiger partial charge on any atom is -0.379 e. The molecule has 0 bridgehead atoms. The van der Waals surface area contributed by atoms with E-state index >= 15 is 0 Å². The van der Waals surface area contributed by atoms with Crippen molar-refractivity contribution in [2.75, 3.05) is 20.3 Å². The molecule has 3 nitrogen and oxygen atoms in total. The van der Waals surface area contributed by atoms with Gasteiger partial charge in [0.05, 0.1) is 17.1 Å². The highest BCUT2D eigenvalue weighted by atomic mass is 79.9. The van der Waals surface area contributed by atoms with Crippen LogP contribution >= 0.6 is 15.9 Å². The topological polar surface area (TPSA) is 29.5 Å². The number of nitrogens with zero attached hydrogens (tertiary/aromatic N) is 1. The molecular formula is C12H13BrFNO2. The quantitative estimate of drug-likeness (QED) is 0.840. The van der Waals surface area contributed by atoms with Crippen LogP contribution < -0.4 is 0 Å². The van der Waals surface area contributed by atoms with Gasteiger partial charge >= 0.3 is 0 Å². The molecule has 1 aliphatic heterocycles. The number of ether oxygens (including phenoxy) is 1. The molecule has 0 spiro atoms. The molecular weight excluding hydrogens is 289 g/mol. The van der Waals surface area contributed by atoms with E-state index in [-0.39, 0.29) is 17.8 Å². The molecule has 92 valence electrons. The maximum absolute atomic E-state index is 13.1. The number of halogens is 2. The molecule has 1 aromatic carbocycles. The normalized spacial score (nSPS) is 19.4. The lowest BCUT2D eigenvalue weighted by atomic mass is 10.1. The lowest BCUT2D eigenvalue weighted by molar-refractivity contribution is 0.0711. The number of carbonyl (C=O) groups excluding carboxylic acids is 1. The monoisotopic (exact) mass is 301 g/mol. The number of carbonyl (C=O) groups is 1. The molecule has 0 saturated carbocycles. The van der Waals surface area contributed by atoms with Crippen LogP contribution in [0.5, 0.6) is 0 Å². The summed E-state index contributed by atoms with van der Waals surface area (Å²) in [6.07, 6.45) is 0.852. The molecule has 1 unspecified atom stereocenters. The highest BCUT2D eigenvalue weighted by molar-refractivity contribution is 9.10. The summed E-state index contributed by atoms with van der Waals surface area (Å²) in [5, 5.41) is 0. The molecule has 0 radical (unpaired) electrons. The molecule has 1 heterocycles. The van der Waals surface area contributed by atoms with Crippen molar-refractivity contribution in [2.24, 2.45) is 0 Å². The standard InChI is InChI=1S/C12H13BrFNO2/c1-15(9-4-5-17-7-9)12(16)8-2-3-11(14)10(13)6-8/h2-3,6,9H,4-5,7H2,1H3. The van der Waals surface area contributed by atoms with Crippen molar-refractivity contribution >= 4 is 21.8 Å². The Labute approximate surface area is 108 Å². The van der Waals surface area contributed by atoms with Gasteiger partial charge in [0.15, 0.2) is 0 Å². The third-order valence-electron chi connectivity index (χ3n) is 2.94. The maximum atomic E-state index is 13.1. The summed E-state index contributed by atoms with van der Waals surface area (Å²) in [5.41, 5.74) is 0.479. The van der Waals surface area contributed by atoms with Crippen molar-refractivity contribution in [3.05, 3.63) is 34.1 Å². The Kier molecular flexibility index (Phi) is 3.79. The van der Waals surface area contributed by atoms with Crippen LogP contribution in [0.4, 0.5) is 4.39 Å². The summed E-state index contributed by atoms with van der Waals surface area (Å²) in [5.74, 6) is -0.477. The summed E-state index contributed by atoms with van der Waals surface area (Å²) < 4.78 is 18.6. The highest BCUT2D eigenvalue weighted by Crippen LogP contribution is 2.19. The predicted molar refractivity (Wildman–Crippen MR) is 65.4 cm³/mol. The van der Waals surface area contributed by atoms with Gasteiger partial charge in [-0.1, -0.05) is 0 Å². The zero-order valence-corrected chi connectivity index (χ0v) is 11.0. The minimum atomic E-state index is -0.367. The van der Waals surface area contributed by atoms with Gasteiger partial charge < -0.3 is 9.64 Å². The van der Waals surface area contributed by atoms with Gasteiger partial charge in [0, 0.05) is 19.2 Å². The van der Waals surface area contributed by atoms with Gasteiger partial charge in [-0.2, -0.15) is 0 Å². The number of amides is 1. The Morgan fingerprint density at radius 3 is 2.94 bits per heavy atom. The van der Waals surface area contributed by atoms with Crippen LogP contribution in [0.3, 0.4) is 0 Å². The molecule has 5 heteroatoms. The van der Waals surface area contributed by atoms with Crippen LogP contribution in [0.1, 0.15) is 16.8 Å². The summed E-state index contributed by atoms with van der Waals surface area (Å²) >= 11 is 3.08. The van der Waals surface area contributed by atoms with E-state index < -0.39 is 0 Å². The van der Waals surface area contributed by atoms with E-state index in [0.29, 0.717) is 23.2 Å². The van der Waals surface area contributed by atoms with E-state index in [4.69, 9.17) is 4.74 Å². The predicted octanol–water partition coefficient (Wildman–Crippen LogP) is 2.45. The molecule has 1 aliphatic rings. The summed E-state index contributed by atoms with van der Waals surface area (Å²) in [7, 11) is 1.75. The lowest BCUT2D eigenvalue weighted by Gasteiger charge is -2.23. The van der Waals surface area contributed by atoms with E-state index in [1.54, 1.807) is 11.9 Å². The van der Waals surface area contributed by atoms with Gasteiger partial charge in [-0.15, -0.1) is 0 Å². The first kappa shape index (κ1) is 12.5. The molecule has 1 aromatic rings. The van der Waals surface area contributed by atoms with Crippen LogP contribution in [0.15, 0.2) is 22.7 Å². The summed E-state index contributed by atoms with van der Waals surface area (Å²) in [4.78, 5) is 13.8. The lowest BCUT2D eigenvalue weighted by Crippen LogP contribution is -2.37. The van der Waals surface area contributed by atoms with E-state index in [1.165, 1.54) is 18.2 Å². The molecule has 1 atom stereocenters. The maximum Gasteiger partial charge on any atom is 0.253 e. The first-order valence-electron chi connectivity index (χ1n) is 5.39. The molecule has 17 heavy (non-hydrogen) atoms. The Bertz CT molecular complexity index is 433. The number of likely N-dealkylation sites (N-methyl/N-ethyl adjacent to an activating group) is 1. The fourth-order valence-electron chi connectivity index (χ4n) is 1.83. The van der Waals surface area contributed by atoms with Crippen molar-refractivity contribution in [1.29, 1.82) is 0 Å². The van der Waals surface area contributed by atoms with E-state index in [2.05, 4.69) is 15.9 Å². The number of benzene rings is 1. The SMILES string of the molecule is CN(C(=O)c1ccc(F)c(Br)c1)C1CCOC1. The Morgan fingerprint density at radius 2 is 2.35 bits per heavy atom. The first-order chi connectivity index (χ1) is 8.09. The van der Waals surface area contributed by atoms with Crippen molar-refractivity contribution < 1.29 is 13.9 Å². The third kappa shape index (κ3) is 2.66. The Morgan fingerprint density at radius 1 is 1.59 bits per heavy atom. The van der Waals surface area contributed by atoms with Gasteiger partial charge in [-0.25, -0.2) is 4.39 Å². The van der Waals surface area contributed by atoms with Crippen molar-refractivity contribution in [3.63, 3.8) is 0 Å². The van der Waals surface area contributed by atoms with E-state index in [9.17, 15) is 9.18 Å². The molecule has 1 amide bonds. The smallest absolute Gasteiger partial charge is 0.253 e. The number of hydrogen-bond acceptors (Lipinski definition) is 2. The molecule has 0 aromatic heterocycles. The van der Waals surface area contributed by atoms with Crippen LogP contribution in [-0.2, 0) is 4.74 Å². The average molecular weight is 302 g/mol. The van der Waals surface area contributed by atoms with Gasteiger partial charge in [0.25, 0.3) is 5.91 Å². The fourth-order valence-corrected chi connectivity index (χ4v) is 2.20. The molecule has 0 N–H and O–H groups in total. The summed E-state index contributed by atoms with van der Waals surface area (Å²) in [6.45, 7) is 1.26. The van der Waals surface area contributed by atoms with Gasteiger partial charge in [-0.3, -0.25) is 4.79 Å². The molecule has 1 saturated heterocycles. The third-order valence-corrected chi connectivity index (χ3v) is 3.55. The second kappa shape index (κ2) is 5.14. The molecule has 0 aliphatic carbocycles. The molecule has 2 rings (SSSR count). The van der Waals surface area contributed by atoms with Crippen molar-refractivity contribution in [1.82, 2.24) is 4.90 Å². The summed E-state index contributed by atoms with van der Waals surface area (Å²) in [6, 6.07) is 4.40. The van der Waals surface area contributed by atoms with Gasteiger partial charge in [0.1, 0.15) is 5.82 Å². The van der Waals surface area contributed by atoms with Crippen molar-refractivity contribution in [2.45, 2.75) is 12.5 Å². The van der Waals surface area contributed by atoms with Crippen LogP contribution in [-0.4, -0.2) is 37.1 Å². The average Bonchev–Trinajstić information content (AvgIpc) is 2.84.